The normalized spacial score (nSPS) is 10.7. The van der Waals surface area contributed by atoms with Gasteiger partial charge in [0.2, 0.25) is 0 Å². The number of nitrogens with zero attached hydrogens (tertiary/aromatic N) is 3. The standard InChI is InChI=1S/C13H18N4OS/c1-3-17-12(8-14)15-16-13(17)19-9-10-4-6-11(18-2)7-5-10/h4-7H,3,8-9,14H2,1-2H3. The lowest BCUT2D eigenvalue weighted by molar-refractivity contribution is 0.414. The van der Waals surface area contributed by atoms with E-state index in [1.165, 1.54) is 5.56 Å². The van der Waals surface area contributed by atoms with Crippen LogP contribution < -0.4 is 10.5 Å². The van der Waals surface area contributed by atoms with E-state index in [1.807, 2.05) is 16.7 Å². The molecule has 0 spiro atoms. The van der Waals surface area contributed by atoms with Crippen molar-refractivity contribution in [2.24, 2.45) is 5.73 Å². The maximum Gasteiger partial charge on any atom is 0.191 e. The Morgan fingerprint density at radius 3 is 2.58 bits per heavy atom. The average molecular weight is 278 g/mol. The minimum absolute atomic E-state index is 0.421. The Labute approximate surface area is 117 Å². The maximum atomic E-state index is 5.63. The van der Waals surface area contributed by atoms with Crippen LogP contribution in [0.2, 0.25) is 0 Å². The van der Waals surface area contributed by atoms with Crippen molar-refractivity contribution in [3.05, 3.63) is 35.7 Å². The predicted octanol–water partition coefficient (Wildman–Crippen LogP) is 2.06. The maximum absolute atomic E-state index is 5.63. The Bertz CT molecular complexity index is 524. The van der Waals surface area contributed by atoms with Gasteiger partial charge in [0.25, 0.3) is 0 Å². The van der Waals surface area contributed by atoms with Crippen LogP contribution in [0.3, 0.4) is 0 Å². The molecule has 2 aromatic rings. The highest BCUT2D eigenvalue weighted by Gasteiger charge is 2.09. The molecule has 0 saturated carbocycles. The molecule has 0 aliphatic rings. The number of benzene rings is 1. The first kappa shape index (κ1) is 13.9. The van der Waals surface area contributed by atoms with Crippen LogP contribution in [-0.2, 0) is 18.8 Å². The van der Waals surface area contributed by atoms with E-state index < -0.39 is 0 Å². The molecule has 5 nitrogen and oxygen atoms in total. The van der Waals surface area contributed by atoms with E-state index in [4.69, 9.17) is 10.5 Å². The van der Waals surface area contributed by atoms with E-state index >= 15 is 0 Å². The third kappa shape index (κ3) is 3.27. The van der Waals surface area contributed by atoms with E-state index in [2.05, 4.69) is 29.3 Å². The third-order valence-electron chi connectivity index (χ3n) is 2.82. The molecule has 0 aliphatic heterocycles. The summed E-state index contributed by atoms with van der Waals surface area (Å²) in [7, 11) is 1.67. The number of thioether (sulfide) groups is 1. The van der Waals surface area contributed by atoms with Crippen LogP contribution in [0.1, 0.15) is 18.3 Å². The molecule has 2 N–H and O–H groups in total. The molecule has 102 valence electrons. The first-order chi connectivity index (χ1) is 9.28. The molecule has 0 amide bonds. The van der Waals surface area contributed by atoms with E-state index in [0.717, 1.165) is 29.0 Å². The van der Waals surface area contributed by atoms with Crippen LogP contribution in [-0.4, -0.2) is 21.9 Å². The lowest BCUT2D eigenvalue weighted by Gasteiger charge is -2.06. The van der Waals surface area contributed by atoms with Crippen molar-refractivity contribution in [2.75, 3.05) is 7.11 Å². The van der Waals surface area contributed by atoms with Crippen molar-refractivity contribution >= 4 is 11.8 Å². The van der Waals surface area contributed by atoms with E-state index in [1.54, 1.807) is 18.9 Å². The molecule has 0 bridgehead atoms. The van der Waals surface area contributed by atoms with E-state index in [-0.39, 0.29) is 0 Å². The summed E-state index contributed by atoms with van der Waals surface area (Å²) in [4.78, 5) is 0. The van der Waals surface area contributed by atoms with Crippen LogP contribution in [0.15, 0.2) is 29.4 Å². The largest absolute Gasteiger partial charge is 0.497 e. The Morgan fingerprint density at radius 2 is 2.00 bits per heavy atom. The molecule has 0 atom stereocenters. The highest BCUT2D eigenvalue weighted by molar-refractivity contribution is 7.98. The molecule has 6 heteroatoms. The van der Waals surface area contributed by atoms with Crippen LogP contribution in [0.4, 0.5) is 0 Å². The van der Waals surface area contributed by atoms with Crippen molar-refractivity contribution in [1.82, 2.24) is 14.8 Å². The molecular formula is C13H18N4OS. The topological polar surface area (TPSA) is 66.0 Å². The minimum Gasteiger partial charge on any atom is -0.497 e. The zero-order valence-electron chi connectivity index (χ0n) is 11.2. The number of ether oxygens (including phenoxy) is 1. The van der Waals surface area contributed by atoms with Gasteiger partial charge >= 0.3 is 0 Å². The van der Waals surface area contributed by atoms with Gasteiger partial charge in [0.15, 0.2) is 5.16 Å². The summed E-state index contributed by atoms with van der Waals surface area (Å²) in [5, 5.41) is 9.19. The third-order valence-corrected chi connectivity index (χ3v) is 3.86. The van der Waals surface area contributed by atoms with E-state index in [9.17, 15) is 0 Å². The van der Waals surface area contributed by atoms with Gasteiger partial charge in [-0.05, 0) is 24.6 Å². The number of hydrogen-bond donors (Lipinski definition) is 1. The fourth-order valence-electron chi connectivity index (χ4n) is 1.76. The smallest absolute Gasteiger partial charge is 0.191 e. The predicted molar refractivity (Wildman–Crippen MR) is 76.1 cm³/mol. The van der Waals surface area contributed by atoms with Gasteiger partial charge in [-0.1, -0.05) is 23.9 Å². The number of aromatic nitrogens is 3. The van der Waals surface area contributed by atoms with Gasteiger partial charge in [0.05, 0.1) is 13.7 Å². The van der Waals surface area contributed by atoms with Gasteiger partial charge in [0, 0.05) is 12.3 Å². The lowest BCUT2D eigenvalue weighted by atomic mass is 10.2. The molecule has 1 aromatic heterocycles. The van der Waals surface area contributed by atoms with Gasteiger partial charge in [-0.15, -0.1) is 10.2 Å². The van der Waals surface area contributed by atoms with Crippen LogP contribution in [0.5, 0.6) is 5.75 Å². The molecule has 19 heavy (non-hydrogen) atoms. The quantitative estimate of drug-likeness (QED) is 0.819. The zero-order valence-corrected chi connectivity index (χ0v) is 12.0. The second-order valence-corrected chi connectivity index (χ2v) is 4.93. The van der Waals surface area contributed by atoms with Crippen molar-refractivity contribution in [3.8, 4) is 5.75 Å². The molecule has 1 heterocycles. The summed E-state index contributed by atoms with van der Waals surface area (Å²) >= 11 is 1.67. The Balaban J connectivity index is 2.03. The molecule has 0 saturated heterocycles. The number of hydrogen-bond acceptors (Lipinski definition) is 5. The number of rotatable bonds is 6. The molecule has 0 unspecified atom stereocenters. The molecule has 0 radical (unpaired) electrons. The molecule has 0 aliphatic carbocycles. The highest BCUT2D eigenvalue weighted by Crippen LogP contribution is 2.23. The van der Waals surface area contributed by atoms with Gasteiger partial charge in [-0.25, -0.2) is 0 Å². The lowest BCUT2D eigenvalue weighted by Crippen LogP contribution is -2.08. The van der Waals surface area contributed by atoms with Gasteiger partial charge in [-0.3, -0.25) is 0 Å². The van der Waals surface area contributed by atoms with Gasteiger partial charge in [-0.2, -0.15) is 0 Å². The van der Waals surface area contributed by atoms with E-state index in [0.29, 0.717) is 6.54 Å². The van der Waals surface area contributed by atoms with Gasteiger partial charge < -0.3 is 15.0 Å². The summed E-state index contributed by atoms with van der Waals surface area (Å²) in [5.41, 5.74) is 6.86. The summed E-state index contributed by atoms with van der Waals surface area (Å²) < 4.78 is 7.19. The number of nitrogens with two attached hydrogens (primary N) is 1. The second-order valence-electron chi connectivity index (χ2n) is 3.98. The zero-order chi connectivity index (χ0) is 13.7. The summed E-state index contributed by atoms with van der Waals surface area (Å²) in [6, 6.07) is 8.04. The van der Waals surface area contributed by atoms with Crippen molar-refractivity contribution in [3.63, 3.8) is 0 Å². The first-order valence-electron chi connectivity index (χ1n) is 6.16. The fraction of sp³-hybridized carbons (Fsp3) is 0.385. The molecule has 0 fully saturated rings. The number of methoxy groups -OCH3 is 1. The highest BCUT2D eigenvalue weighted by atomic mass is 32.2. The summed E-state index contributed by atoms with van der Waals surface area (Å²) in [6.45, 7) is 3.33. The van der Waals surface area contributed by atoms with Crippen molar-refractivity contribution < 1.29 is 4.74 Å². The minimum atomic E-state index is 0.421. The molecule has 1 aromatic carbocycles. The second kappa shape index (κ2) is 6.58. The monoisotopic (exact) mass is 278 g/mol. The van der Waals surface area contributed by atoms with Crippen molar-refractivity contribution in [2.45, 2.75) is 30.9 Å². The summed E-state index contributed by atoms with van der Waals surface area (Å²) in [5.74, 6) is 2.56. The SMILES string of the molecule is CCn1c(CN)nnc1SCc1ccc(OC)cc1. The molecular weight excluding hydrogens is 260 g/mol. The summed E-state index contributed by atoms with van der Waals surface area (Å²) in [6.07, 6.45) is 0. The van der Waals surface area contributed by atoms with Gasteiger partial charge in [0.1, 0.15) is 11.6 Å². The average Bonchev–Trinajstić information content (AvgIpc) is 2.87. The Kier molecular flexibility index (Phi) is 4.81. The van der Waals surface area contributed by atoms with Crippen LogP contribution >= 0.6 is 11.8 Å². The van der Waals surface area contributed by atoms with Crippen LogP contribution in [0, 0.1) is 0 Å². The Hall–Kier alpha value is -1.53. The van der Waals surface area contributed by atoms with Crippen molar-refractivity contribution in [1.29, 1.82) is 0 Å². The Morgan fingerprint density at radius 1 is 1.26 bits per heavy atom. The first-order valence-corrected chi connectivity index (χ1v) is 7.15. The van der Waals surface area contributed by atoms with Crippen LogP contribution in [0.25, 0.3) is 0 Å². The fourth-order valence-corrected chi connectivity index (χ4v) is 2.74. The molecule has 2 rings (SSSR count).